The maximum Gasteiger partial charge on any atom is 0.200 e. The highest BCUT2D eigenvalue weighted by molar-refractivity contribution is 5.17. The van der Waals surface area contributed by atoms with E-state index in [1.807, 2.05) is 6.92 Å². The van der Waals surface area contributed by atoms with Gasteiger partial charge in [-0.3, -0.25) is 0 Å². The van der Waals surface area contributed by atoms with Crippen LogP contribution in [0.5, 0.6) is 0 Å². The number of aryl methyl sites for hydroxylation is 1. The summed E-state index contributed by atoms with van der Waals surface area (Å²) in [5, 5.41) is 3.24. The van der Waals surface area contributed by atoms with E-state index in [9.17, 15) is 0 Å². The van der Waals surface area contributed by atoms with Crippen molar-refractivity contribution < 1.29 is 9.15 Å². The molecular weight excluding hydrogens is 204 g/mol. The summed E-state index contributed by atoms with van der Waals surface area (Å²) in [4.78, 5) is 4.67. The number of aromatic nitrogens is 1. The molecule has 4 heteroatoms. The van der Waals surface area contributed by atoms with Gasteiger partial charge in [0.1, 0.15) is 5.76 Å². The Morgan fingerprint density at radius 3 is 2.81 bits per heavy atom. The molecule has 2 aliphatic heterocycles. The zero-order chi connectivity index (χ0) is 11.0. The van der Waals surface area contributed by atoms with Crippen molar-refractivity contribution in [3.8, 4) is 0 Å². The van der Waals surface area contributed by atoms with E-state index in [1.165, 1.54) is 6.42 Å². The van der Waals surface area contributed by atoms with E-state index in [1.54, 1.807) is 0 Å². The number of hydrogen-bond donors (Lipinski definition) is 1. The fourth-order valence-electron chi connectivity index (χ4n) is 2.40. The molecule has 3 rings (SSSR count). The van der Waals surface area contributed by atoms with Crippen LogP contribution in [0.2, 0.25) is 0 Å². The zero-order valence-electron chi connectivity index (χ0n) is 9.66. The van der Waals surface area contributed by atoms with Crippen LogP contribution in [-0.4, -0.2) is 31.3 Å². The highest BCUT2D eigenvalue weighted by Crippen LogP contribution is 2.30. The minimum atomic E-state index is 0.444. The SMILES string of the molecule is Cc1oc(C2CNC2)nc1C1CCCOC1. The lowest BCUT2D eigenvalue weighted by atomic mass is 9.97. The average molecular weight is 222 g/mol. The Labute approximate surface area is 95.4 Å². The quantitative estimate of drug-likeness (QED) is 0.825. The van der Waals surface area contributed by atoms with Crippen molar-refractivity contribution in [1.29, 1.82) is 0 Å². The van der Waals surface area contributed by atoms with Crippen molar-refractivity contribution in [1.82, 2.24) is 10.3 Å². The Balaban J connectivity index is 1.79. The van der Waals surface area contributed by atoms with Crippen LogP contribution in [0, 0.1) is 6.92 Å². The monoisotopic (exact) mass is 222 g/mol. The predicted molar refractivity (Wildman–Crippen MR) is 59.6 cm³/mol. The molecule has 0 amide bonds. The van der Waals surface area contributed by atoms with Gasteiger partial charge < -0.3 is 14.5 Å². The Bertz CT molecular complexity index is 365. The van der Waals surface area contributed by atoms with Crippen molar-refractivity contribution in [2.45, 2.75) is 31.6 Å². The Morgan fingerprint density at radius 2 is 2.19 bits per heavy atom. The van der Waals surface area contributed by atoms with Gasteiger partial charge >= 0.3 is 0 Å². The minimum Gasteiger partial charge on any atom is -0.445 e. The van der Waals surface area contributed by atoms with E-state index in [0.29, 0.717) is 11.8 Å². The second-order valence-electron chi connectivity index (χ2n) is 4.76. The van der Waals surface area contributed by atoms with Crippen LogP contribution >= 0.6 is 0 Å². The predicted octanol–water partition coefficient (Wildman–Crippen LogP) is 1.56. The summed E-state index contributed by atoms with van der Waals surface area (Å²) in [7, 11) is 0. The summed E-state index contributed by atoms with van der Waals surface area (Å²) in [6.45, 7) is 5.72. The lowest BCUT2D eigenvalue weighted by Gasteiger charge is -2.23. The molecule has 1 aromatic rings. The van der Waals surface area contributed by atoms with Gasteiger partial charge in [0.15, 0.2) is 5.89 Å². The lowest BCUT2D eigenvalue weighted by Crippen LogP contribution is -2.40. The van der Waals surface area contributed by atoms with Crippen molar-refractivity contribution in [3.63, 3.8) is 0 Å². The van der Waals surface area contributed by atoms with Gasteiger partial charge in [-0.15, -0.1) is 0 Å². The van der Waals surface area contributed by atoms with Gasteiger partial charge in [0.2, 0.25) is 0 Å². The second kappa shape index (κ2) is 4.18. The summed E-state index contributed by atoms with van der Waals surface area (Å²) in [6.07, 6.45) is 2.31. The highest BCUT2D eigenvalue weighted by Gasteiger charge is 2.28. The van der Waals surface area contributed by atoms with E-state index in [2.05, 4.69) is 10.3 Å². The first-order chi connectivity index (χ1) is 7.84. The summed E-state index contributed by atoms with van der Waals surface area (Å²) < 4.78 is 11.3. The van der Waals surface area contributed by atoms with Crippen LogP contribution in [0.15, 0.2) is 4.42 Å². The first-order valence-electron chi connectivity index (χ1n) is 6.10. The summed E-state index contributed by atoms with van der Waals surface area (Å²) in [5.41, 5.74) is 1.13. The highest BCUT2D eigenvalue weighted by atomic mass is 16.5. The number of oxazole rings is 1. The van der Waals surface area contributed by atoms with E-state index in [4.69, 9.17) is 9.15 Å². The summed E-state index contributed by atoms with van der Waals surface area (Å²) >= 11 is 0. The molecule has 0 radical (unpaired) electrons. The Kier molecular flexibility index (Phi) is 2.69. The maximum atomic E-state index is 5.77. The number of nitrogens with zero attached hydrogens (tertiary/aromatic N) is 1. The van der Waals surface area contributed by atoms with Crippen molar-refractivity contribution in [3.05, 3.63) is 17.3 Å². The molecule has 16 heavy (non-hydrogen) atoms. The average Bonchev–Trinajstić information content (AvgIpc) is 2.59. The third-order valence-electron chi connectivity index (χ3n) is 3.53. The van der Waals surface area contributed by atoms with Gasteiger partial charge in [-0.25, -0.2) is 4.98 Å². The topological polar surface area (TPSA) is 47.3 Å². The molecule has 2 fully saturated rings. The standard InChI is InChI=1S/C12H18N2O2/c1-8-11(9-3-2-4-15-7-9)14-12(16-8)10-5-13-6-10/h9-10,13H,2-7H2,1H3. The van der Waals surface area contributed by atoms with Gasteiger partial charge in [0, 0.05) is 25.6 Å². The molecule has 4 nitrogen and oxygen atoms in total. The molecule has 1 aromatic heterocycles. The molecule has 0 aromatic carbocycles. The fraction of sp³-hybridized carbons (Fsp3) is 0.750. The van der Waals surface area contributed by atoms with Crippen LogP contribution in [0.3, 0.4) is 0 Å². The van der Waals surface area contributed by atoms with Crippen LogP contribution in [0.4, 0.5) is 0 Å². The van der Waals surface area contributed by atoms with E-state index in [-0.39, 0.29) is 0 Å². The van der Waals surface area contributed by atoms with Gasteiger partial charge in [-0.05, 0) is 19.8 Å². The molecule has 2 saturated heterocycles. The molecule has 88 valence electrons. The molecular formula is C12H18N2O2. The van der Waals surface area contributed by atoms with E-state index < -0.39 is 0 Å². The third-order valence-corrected chi connectivity index (χ3v) is 3.53. The molecule has 2 aliphatic rings. The molecule has 1 N–H and O–H groups in total. The van der Waals surface area contributed by atoms with E-state index in [0.717, 1.165) is 50.1 Å². The second-order valence-corrected chi connectivity index (χ2v) is 4.76. The smallest absolute Gasteiger partial charge is 0.200 e. The number of hydrogen-bond acceptors (Lipinski definition) is 4. The van der Waals surface area contributed by atoms with Gasteiger partial charge in [-0.1, -0.05) is 0 Å². The van der Waals surface area contributed by atoms with Crippen molar-refractivity contribution in [2.75, 3.05) is 26.3 Å². The summed E-state index contributed by atoms with van der Waals surface area (Å²) in [6, 6.07) is 0. The molecule has 0 aliphatic carbocycles. The number of rotatable bonds is 2. The largest absolute Gasteiger partial charge is 0.445 e. The maximum absolute atomic E-state index is 5.77. The normalized spacial score (nSPS) is 26.7. The Morgan fingerprint density at radius 1 is 1.31 bits per heavy atom. The van der Waals surface area contributed by atoms with Crippen LogP contribution in [0.1, 0.15) is 42.0 Å². The van der Waals surface area contributed by atoms with Gasteiger partial charge in [0.05, 0.1) is 18.2 Å². The molecule has 1 unspecified atom stereocenters. The minimum absolute atomic E-state index is 0.444. The molecule has 0 bridgehead atoms. The fourth-order valence-corrected chi connectivity index (χ4v) is 2.40. The molecule has 0 saturated carbocycles. The van der Waals surface area contributed by atoms with Gasteiger partial charge in [0.25, 0.3) is 0 Å². The Hall–Kier alpha value is -0.870. The molecule has 3 heterocycles. The third kappa shape index (κ3) is 1.76. The van der Waals surface area contributed by atoms with Crippen LogP contribution in [-0.2, 0) is 4.74 Å². The van der Waals surface area contributed by atoms with Gasteiger partial charge in [-0.2, -0.15) is 0 Å². The first kappa shape index (κ1) is 10.3. The van der Waals surface area contributed by atoms with E-state index >= 15 is 0 Å². The summed E-state index contributed by atoms with van der Waals surface area (Å²) in [5.74, 6) is 2.82. The first-order valence-corrected chi connectivity index (χ1v) is 6.10. The van der Waals surface area contributed by atoms with Crippen LogP contribution < -0.4 is 5.32 Å². The van der Waals surface area contributed by atoms with Crippen molar-refractivity contribution in [2.24, 2.45) is 0 Å². The molecule has 1 atom stereocenters. The molecule has 0 spiro atoms. The number of nitrogens with one attached hydrogen (secondary N) is 1. The van der Waals surface area contributed by atoms with Crippen molar-refractivity contribution >= 4 is 0 Å². The zero-order valence-corrected chi connectivity index (χ0v) is 9.66. The van der Waals surface area contributed by atoms with Crippen LogP contribution in [0.25, 0.3) is 0 Å². The lowest BCUT2D eigenvalue weighted by molar-refractivity contribution is 0.0790. The number of ether oxygens (including phenoxy) is 1.